The van der Waals surface area contributed by atoms with E-state index in [0.717, 1.165) is 30.3 Å². The van der Waals surface area contributed by atoms with Crippen molar-refractivity contribution in [1.82, 2.24) is 0 Å². The largest absolute Gasteiger partial charge is 0.508 e. The molecule has 35 heavy (non-hydrogen) atoms. The molecule has 0 fully saturated rings. The van der Waals surface area contributed by atoms with E-state index in [0.29, 0.717) is 0 Å². The molecule has 0 heterocycles. The number of ketones is 1. The first-order valence-corrected chi connectivity index (χ1v) is 9.75. The van der Waals surface area contributed by atoms with Crippen molar-refractivity contribution in [3.63, 3.8) is 0 Å². The average molecular weight is 482 g/mol. The molecule has 0 aromatic heterocycles. The van der Waals surface area contributed by atoms with Gasteiger partial charge in [-0.3, -0.25) is 4.79 Å². The van der Waals surface area contributed by atoms with Crippen molar-refractivity contribution in [3.8, 4) is 51.7 Å². The zero-order chi connectivity index (χ0) is 26.1. The van der Waals surface area contributed by atoms with Crippen molar-refractivity contribution in [2.45, 2.75) is 0 Å². The molecule has 4 aromatic rings. The Kier molecular flexibility index (Phi) is 8.59. The quantitative estimate of drug-likeness (QED) is 0.190. The molecule has 0 atom stereocenters. The fourth-order valence-corrected chi connectivity index (χ4v) is 2.64. The minimum absolute atomic E-state index is 0.0474. The monoisotopic (exact) mass is 482 g/mol. The molecule has 0 aliphatic rings. The van der Waals surface area contributed by atoms with Crippen molar-refractivity contribution in [1.29, 1.82) is 0 Å². The number of carbonyl (C=O) groups is 1. The first kappa shape index (κ1) is 26.0. The summed E-state index contributed by atoms with van der Waals surface area (Å²) in [6.45, 7) is 0. The van der Waals surface area contributed by atoms with Crippen LogP contribution in [0.3, 0.4) is 0 Å². The highest BCUT2D eigenvalue weighted by Crippen LogP contribution is 2.29. The van der Waals surface area contributed by atoms with Crippen LogP contribution in [0, 0.1) is 0 Å². The van der Waals surface area contributed by atoms with Crippen LogP contribution in [0.5, 0.6) is 51.7 Å². The van der Waals surface area contributed by atoms with Gasteiger partial charge in [0.15, 0.2) is 5.78 Å². The van der Waals surface area contributed by atoms with Gasteiger partial charge >= 0.3 is 0 Å². The Morgan fingerprint density at radius 1 is 0.400 bits per heavy atom. The van der Waals surface area contributed by atoms with Gasteiger partial charge < -0.3 is 46.0 Å². The predicted octanol–water partition coefficient (Wildman–Crippen LogP) is 3.64. The van der Waals surface area contributed by atoms with Crippen LogP contribution in [0.1, 0.15) is 15.9 Å². The van der Waals surface area contributed by atoms with Crippen LogP contribution < -0.4 is 0 Å². The third-order valence-electron chi connectivity index (χ3n) is 4.17. The van der Waals surface area contributed by atoms with E-state index in [1.54, 1.807) is 6.07 Å². The van der Waals surface area contributed by atoms with Crippen LogP contribution in [0.4, 0.5) is 0 Å². The minimum Gasteiger partial charge on any atom is -0.508 e. The number of phenols is 9. The SMILES string of the molecule is O=C(c1ccc(O)cc1O)c1ccc(O)cc1O.Oc1cc(O)cc(O)c1.Oc1cccc(O)c1. The summed E-state index contributed by atoms with van der Waals surface area (Å²) in [6, 6.07) is 16.3. The van der Waals surface area contributed by atoms with E-state index in [2.05, 4.69) is 0 Å². The summed E-state index contributed by atoms with van der Waals surface area (Å²) in [5, 5.41) is 80.7. The highest BCUT2D eigenvalue weighted by molar-refractivity contribution is 6.12. The van der Waals surface area contributed by atoms with Gasteiger partial charge in [0.25, 0.3) is 0 Å². The highest BCUT2D eigenvalue weighted by atomic mass is 16.3. The Balaban J connectivity index is 0.000000211. The Labute approximate surface area is 198 Å². The minimum atomic E-state index is -0.606. The molecule has 4 rings (SSSR count). The van der Waals surface area contributed by atoms with E-state index in [9.17, 15) is 15.0 Å². The lowest BCUT2D eigenvalue weighted by molar-refractivity contribution is 0.103. The van der Waals surface area contributed by atoms with Crippen molar-refractivity contribution < 1.29 is 50.8 Å². The maximum absolute atomic E-state index is 12.0. The number of benzene rings is 4. The summed E-state index contributed by atoms with van der Waals surface area (Å²) in [7, 11) is 0. The molecule has 182 valence electrons. The van der Waals surface area contributed by atoms with Gasteiger partial charge in [-0.1, -0.05) is 6.07 Å². The van der Waals surface area contributed by atoms with Gasteiger partial charge in [-0.05, 0) is 36.4 Å². The standard InChI is InChI=1S/C13H10O5.C6H6O3.C6H6O2/c14-7-1-3-9(11(16)5-7)13(18)10-4-2-8(15)6-12(10)17;7-4-1-5(8)3-6(9)2-4;7-5-2-1-3-6(8)4-5/h1-6,14-17H;1-3,7-9H;1-4,7-8H. The predicted molar refractivity (Wildman–Crippen MR) is 124 cm³/mol. The first-order chi connectivity index (χ1) is 16.5. The topological polar surface area (TPSA) is 199 Å². The van der Waals surface area contributed by atoms with E-state index in [-0.39, 0.29) is 62.9 Å². The van der Waals surface area contributed by atoms with Crippen molar-refractivity contribution in [3.05, 3.63) is 90.0 Å². The Morgan fingerprint density at radius 3 is 1.00 bits per heavy atom. The number of carbonyl (C=O) groups excluding carboxylic acids is 1. The Bertz CT molecular complexity index is 1200. The van der Waals surface area contributed by atoms with Crippen molar-refractivity contribution >= 4 is 5.78 Å². The number of rotatable bonds is 2. The molecule has 0 bridgehead atoms. The van der Waals surface area contributed by atoms with Gasteiger partial charge in [-0.2, -0.15) is 0 Å². The summed E-state index contributed by atoms with van der Waals surface area (Å²) < 4.78 is 0. The molecular formula is C25H22O10. The van der Waals surface area contributed by atoms with Crippen LogP contribution in [-0.4, -0.2) is 51.7 Å². The molecule has 0 radical (unpaired) electrons. The molecule has 0 unspecified atom stereocenters. The Hall–Kier alpha value is -5.25. The lowest BCUT2D eigenvalue weighted by Crippen LogP contribution is -2.01. The average Bonchev–Trinajstić information content (AvgIpc) is 2.73. The first-order valence-electron chi connectivity index (χ1n) is 9.75. The molecule has 10 heteroatoms. The second-order valence-electron chi connectivity index (χ2n) is 6.96. The number of hydrogen-bond donors (Lipinski definition) is 9. The lowest BCUT2D eigenvalue weighted by atomic mass is 10.0. The van der Waals surface area contributed by atoms with E-state index in [4.69, 9.17) is 35.7 Å². The van der Waals surface area contributed by atoms with Gasteiger partial charge in [-0.25, -0.2) is 0 Å². The van der Waals surface area contributed by atoms with Crippen molar-refractivity contribution in [2.75, 3.05) is 0 Å². The molecule has 0 amide bonds. The molecule has 9 N–H and O–H groups in total. The second-order valence-corrected chi connectivity index (χ2v) is 6.96. The van der Waals surface area contributed by atoms with Gasteiger partial charge in [-0.15, -0.1) is 0 Å². The zero-order valence-corrected chi connectivity index (χ0v) is 17.9. The second kappa shape index (κ2) is 11.6. The smallest absolute Gasteiger partial charge is 0.200 e. The maximum atomic E-state index is 12.0. The van der Waals surface area contributed by atoms with Gasteiger partial charge in [0.05, 0.1) is 11.1 Å². The molecule has 0 aliphatic heterocycles. The number of aromatic hydroxyl groups is 9. The van der Waals surface area contributed by atoms with Crippen LogP contribution >= 0.6 is 0 Å². The third-order valence-corrected chi connectivity index (χ3v) is 4.17. The molecule has 10 nitrogen and oxygen atoms in total. The molecule has 4 aromatic carbocycles. The van der Waals surface area contributed by atoms with Crippen LogP contribution in [0.15, 0.2) is 78.9 Å². The van der Waals surface area contributed by atoms with Crippen LogP contribution in [-0.2, 0) is 0 Å². The fourth-order valence-electron chi connectivity index (χ4n) is 2.64. The normalized spacial score (nSPS) is 9.71. The highest BCUT2D eigenvalue weighted by Gasteiger charge is 2.17. The zero-order valence-electron chi connectivity index (χ0n) is 17.9. The molecular weight excluding hydrogens is 460 g/mol. The third kappa shape index (κ3) is 7.99. The lowest BCUT2D eigenvalue weighted by Gasteiger charge is -2.06. The summed E-state index contributed by atoms with van der Waals surface area (Å²) in [4.78, 5) is 12.0. The van der Waals surface area contributed by atoms with Crippen molar-refractivity contribution in [2.24, 2.45) is 0 Å². The van der Waals surface area contributed by atoms with E-state index < -0.39 is 5.78 Å². The summed E-state index contributed by atoms with van der Waals surface area (Å²) >= 11 is 0. The summed E-state index contributed by atoms with van der Waals surface area (Å²) in [6.07, 6.45) is 0. The number of hydrogen-bond acceptors (Lipinski definition) is 10. The van der Waals surface area contributed by atoms with Gasteiger partial charge in [0.1, 0.15) is 51.7 Å². The summed E-state index contributed by atoms with van der Waals surface area (Å²) in [5.74, 6) is -1.97. The van der Waals surface area contributed by atoms with Crippen LogP contribution in [0.25, 0.3) is 0 Å². The molecule has 0 aliphatic carbocycles. The van der Waals surface area contributed by atoms with Gasteiger partial charge in [0.2, 0.25) is 0 Å². The summed E-state index contributed by atoms with van der Waals surface area (Å²) in [5.41, 5.74) is -0.0948. The Morgan fingerprint density at radius 2 is 0.714 bits per heavy atom. The number of phenolic OH excluding ortho intramolecular Hbond substituents is 9. The van der Waals surface area contributed by atoms with Gasteiger partial charge in [0, 0.05) is 36.4 Å². The maximum Gasteiger partial charge on any atom is 0.200 e. The van der Waals surface area contributed by atoms with E-state index in [1.165, 1.54) is 42.5 Å². The molecule has 0 saturated carbocycles. The van der Waals surface area contributed by atoms with Crippen LogP contribution in [0.2, 0.25) is 0 Å². The molecule has 0 spiro atoms. The molecule has 0 saturated heterocycles. The van der Waals surface area contributed by atoms with E-state index in [1.807, 2.05) is 0 Å². The van der Waals surface area contributed by atoms with E-state index >= 15 is 0 Å². The fraction of sp³-hybridized carbons (Fsp3) is 0.